The summed E-state index contributed by atoms with van der Waals surface area (Å²) in [5.41, 5.74) is 13.6. The van der Waals surface area contributed by atoms with Gasteiger partial charge in [0.25, 0.3) is 0 Å². The molecular weight excluding hydrogens is 482 g/mol. The fourth-order valence-corrected chi connectivity index (χ4v) is 4.66. The molecule has 1 aromatic carbocycles. The van der Waals surface area contributed by atoms with Crippen molar-refractivity contribution < 1.29 is 14.6 Å². The predicted octanol–water partition coefficient (Wildman–Crippen LogP) is 3.42. The summed E-state index contributed by atoms with van der Waals surface area (Å²) in [4.78, 5) is 9.12. The molecule has 1 saturated heterocycles. The molecule has 1 atom stereocenters. The molecule has 1 aliphatic rings. The molecule has 5 N–H and O–H groups in total. The molecule has 38 heavy (non-hydrogen) atoms. The van der Waals surface area contributed by atoms with E-state index >= 15 is 0 Å². The molecule has 5 rings (SSSR count). The quantitative estimate of drug-likeness (QED) is 0.207. The maximum atomic E-state index is 9.89. The Morgan fingerprint density at radius 1 is 1.32 bits per heavy atom. The number of nitrogens with two attached hydrogens (primary N) is 1. The van der Waals surface area contributed by atoms with Crippen LogP contribution in [0.3, 0.4) is 0 Å². The average Bonchev–Trinajstić information content (AvgIpc) is 3.37. The number of nitrogens with one attached hydrogen (secondary N) is 2. The zero-order valence-electron chi connectivity index (χ0n) is 21.9. The Labute approximate surface area is 221 Å². The summed E-state index contributed by atoms with van der Waals surface area (Å²) >= 11 is 0. The minimum atomic E-state index is 0.161. The van der Waals surface area contributed by atoms with Gasteiger partial charge in [-0.3, -0.25) is 0 Å². The largest absolute Gasteiger partial charge is 0.508 e. The first-order valence-electron chi connectivity index (χ1n) is 12.7. The second-order valence-corrected chi connectivity index (χ2v) is 9.30. The molecular formula is C28H33N7O3. The van der Waals surface area contributed by atoms with E-state index in [1.165, 1.54) is 0 Å². The molecule has 0 aliphatic carbocycles. The van der Waals surface area contributed by atoms with Crippen molar-refractivity contribution >= 4 is 22.7 Å². The van der Waals surface area contributed by atoms with E-state index in [2.05, 4.69) is 26.8 Å². The minimum absolute atomic E-state index is 0.161. The Hall–Kier alpha value is -4.15. The Kier molecular flexibility index (Phi) is 7.43. The zero-order chi connectivity index (χ0) is 26.6. The number of fused-ring (bicyclic) bond motifs is 1. The van der Waals surface area contributed by atoms with Crippen molar-refractivity contribution in [3.05, 3.63) is 65.6 Å². The summed E-state index contributed by atoms with van der Waals surface area (Å²) in [5, 5.41) is 21.6. The second kappa shape index (κ2) is 11.1. The van der Waals surface area contributed by atoms with Gasteiger partial charge in [-0.05, 0) is 48.7 Å². The number of aryl methyl sites for hydroxylation is 2. The number of methoxy groups -OCH3 is 1. The minimum Gasteiger partial charge on any atom is -0.508 e. The van der Waals surface area contributed by atoms with Gasteiger partial charge >= 0.3 is 0 Å². The molecule has 0 unspecified atom stereocenters. The molecule has 0 saturated carbocycles. The summed E-state index contributed by atoms with van der Waals surface area (Å²) in [5.74, 6) is 1.11. The molecule has 3 aromatic heterocycles. The number of amidine groups is 1. The van der Waals surface area contributed by atoms with Crippen LogP contribution in [0.5, 0.6) is 11.6 Å². The van der Waals surface area contributed by atoms with Crippen LogP contribution >= 0.6 is 0 Å². The Morgan fingerprint density at radius 2 is 2.18 bits per heavy atom. The lowest BCUT2D eigenvalue weighted by Crippen LogP contribution is -2.45. The lowest BCUT2D eigenvalue weighted by molar-refractivity contribution is 0.0807. The number of nitrogens with zero attached hydrogens (tertiary/aromatic N) is 4. The van der Waals surface area contributed by atoms with Gasteiger partial charge in [0.15, 0.2) is 0 Å². The van der Waals surface area contributed by atoms with E-state index < -0.39 is 0 Å². The van der Waals surface area contributed by atoms with E-state index in [0.717, 1.165) is 40.0 Å². The van der Waals surface area contributed by atoms with E-state index in [-0.39, 0.29) is 11.8 Å². The van der Waals surface area contributed by atoms with Crippen molar-refractivity contribution in [1.82, 2.24) is 19.9 Å². The smallest absolute Gasteiger partial charge is 0.213 e. The fraction of sp³-hybridized carbons (Fsp3) is 0.321. The van der Waals surface area contributed by atoms with Gasteiger partial charge in [-0.2, -0.15) is 5.10 Å². The van der Waals surface area contributed by atoms with Crippen LogP contribution in [0.4, 0.5) is 11.4 Å². The third-order valence-corrected chi connectivity index (χ3v) is 6.73. The van der Waals surface area contributed by atoms with E-state index in [9.17, 15) is 5.11 Å². The SMILES string of the molecule is CCc1cc(O)ccc1/N=C(\N)c1cnn2cc(-c3cnc(OC)cc3C)cc2c1NC[C@H]1COCCN1. The number of morpholine rings is 1. The zero-order valence-corrected chi connectivity index (χ0v) is 21.9. The summed E-state index contributed by atoms with van der Waals surface area (Å²) < 4.78 is 12.7. The number of pyridine rings is 1. The molecule has 0 amide bonds. The number of hydrogen-bond donors (Lipinski definition) is 4. The highest BCUT2D eigenvalue weighted by Gasteiger charge is 2.19. The van der Waals surface area contributed by atoms with E-state index in [1.54, 1.807) is 31.5 Å². The van der Waals surface area contributed by atoms with Crippen LogP contribution in [-0.2, 0) is 11.2 Å². The summed E-state index contributed by atoms with van der Waals surface area (Å²) in [6, 6.07) is 9.26. The number of aromatic hydroxyl groups is 1. The summed E-state index contributed by atoms with van der Waals surface area (Å²) in [6.45, 7) is 6.84. The highest BCUT2D eigenvalue weighted by Crippen LogP contribution is 2.32. The molecule has 4 aromatic rings. The first-order valence-corrected chi connectivity index (χ1v) is 12.7. The van der Waals surface area contributed by atoms with Crippen LogP contribution in [0.2, 0.25) is 0 Å². The number of rotatable bonds is 8. The van der Waals surface area contributed by atoms with Crippen LogP contribution in [0, 0.1) is 6.92 Å². The number of anilines is 1. The molecule has 0 spiro atoms. The molecule has 4 heterocycles. The maximum Gasteiger partial charge on any atom is 0.213 e. The van der Waals surface area contributed by atoms with Gasteiger partial charge < -0.3 is 30.9 Å². The van der Waals surface area contributed by atoms with Crippen molar-refractivity contribution in [2.75, 3.05) is 38.7 Å². The van der Waals surface area contributed by atoms with Gasteiger partial charge in [0.1, 0.15) is 11.6 Å². The number of benzene rings is 1. The number of aliphatic imine (C=N–C) groups is 1. The Balaban J connectivity index is 1.58. The lowest BCUT2D eigenvalue weighted by Gasteiger charge is -2.25. The summed E-state index contributed by atoms with van der Waals surface area (Å²) in [6.07, 6.45) is 6.24. The van der Waals surface area contributed by atoms with Gasteiger partial charge in [-0.25, -0.2) is 14.5 Å². The molecule has 10 heteroatoms. The molecule has 1 aliphatic heterocycles. The molecule has 0 radical (unpaired) electrons. The standard InChI is InChI=1S/C28H33N7O3/c1-4-18-10-21(36)5-6-24(18)34-28(29)23-14-33-35-15-19(22-13-31-26(37-3)9-17(22)2)11-25(35)27(23)32-12-20-16-38-8-7-30-20/h5-6,9-11,13-15,20,30,32,36H,4,7-8,12,16H2,1-3H3,(H2,29,34)/t20-/m0/s1. The fourth-order valence-electron chi connectivity index (χ4n) is 4.66. The Bertz CT molecular complexity index is 1480. The van der Waals surface area contributed by atoms with Crippen LogP contribution in [0.25, 0.3) is 16.6 Å². The van der Waals surface area contributed by atoms with Crippen LogP contribution in [0.15, 0.2) is 53.9 Å². The van der Waals surface area contributed by atoms with Crippen molar-refractivity contribution in [2.45, 2.75) is 26.3 Å². The van der Waals surface area contributed by atoms with Crippen molar-refractivity contribution in [2.24, 2.45) is 10.7 Å². The first kappa shape index (κ1) is 25.5. The number of aromatic nitrogens is 3. The Morgan fingerprint density at radius 3 is 2.92 bits per heavy atom. The number of hydrogen-bond acceptors (Lipinski definition) is 8. The third-order valence-electron chi connectivity index (χ3n) is 6.73. The van der Waals surface area contributed by atoms with Crippen molar-refractivity contribution in [3.63, 3.8) is 0 Å². The van der Waals surface area contributed by atoms with Gasteiger partial charge in [0, 0.05) is 48.7 Å². The van der Waals surface area contributed by atoms with E-state index in [1.807, 2.05) is 36.8 Å². The van der Waals surface area contributed by atoms with E-state index in [0.29, 0.717) is 49.1 Å². The topological polar surface area (TPSA) is 131 Å². The lowest BCUT2D eigenvalue weighted by atomic mass is 10.1. The molecule has 0 bridgehead atoms. The molecule has 1 fully saturated rings. The first-order chi connectivity index (χ1) is 18.5. The van der Waals surface area contributed by atoms with Gasteiger partial charge in [0.05, 0.1) is 49.0 Å². The van der Waals surface area contributed by atoms with Gasteiger partial charge in [0.2, 0.25) is 5.88 Å². The third kappa shape index (κ3) is 5.27. The molecule has 198 valence electrons. The van der Waals surface area contributed by atoms with Crippen molar-refractivity contribution in [1.29, 1.82) is 0 Å². The van der Waals surface area contributed by atoms with Crippen LogP contribution < -0.4 is 21.1 Å². The highest BCUT2D eigenvalue weighted by molar-refractivity contribution is 6.06. The maximum absolute atomic E-state index is 9.89. The number of phenolic OH excluding ortho intramolecular Hbond substituents is 1. The molecule has 10 nitrogen and oxygen atoms in total. The predicted molar refractivity (Wildman–Crippen MR) is 149 cm³/mol. The van der Waals surface area contributed by atoms with Gasteiger partial charge in [-0.1, -0.05) is 6.92 Å². The van der Waals surface area contributed by atoms with Crippen LogP contribution in [0.1, 0.15) is 23.6 Å². The number of ether oxygens (including phenoxy) is 2. The average molecular weight is 516 g/mol. The van der Waals surface area contributed by atoms with Crippen LogP contribution in [-0.4, -0.2) is 65.0 Å². The monoisotopic (exact) mass is 515 g/mol. The number of phenols is 1. The van der Waals surface area contributed by atoms with Crippen molar-refractivity contribution in [3.8, 4) is 22.8 Å². The second-order valence-electron chi connectivity index (χ2n) is 9.30. The van der Waals surface area contributed by atoms with Gasteiger partial charge in [-0.15, -0.1) is 0 Å². The summed E-state index contributed by atoms with van der Waals surface area (Å²) in [7, 11) is 1.61. The normalized spacial score (nSPS) is 16.1. The van der Waals surface area contributed by atoms with E-state index in [4.69, 9.17) is 20.2 Å². The highest BCUT2D eigenvalue weighted by atomic mass is 16.5.